The first-order valence-electron chi connectivity index (χ1n) is 17.6. The summed E-state index contributed by atoms with van der Waals surface area (Å²) in [7, 11) is 0. The van der Waals surface area contributed by atoms with Crippen LogP contribution in [0.5, 0.6) is 5.75 Å². The minimum absolute atomic E-state index is 0.311. The molecule has 6 nitrogen and oxygen atoms in total. The van der Waals surface area contributed by atoms with E-state index >= 15 is 0 Å². The molecule has 0 saturated carbocycles. The molecule has 47 heavy (non-hydrogen) atoms. The van der Waals surface area contributed by atoms with E-state index in [0.29, 0.717) is 35.8 Å². The summed E-state index contributed by atoms with van der Waals surface area (Å²) < 4.78 is 0. The molecule has 6 rings (SSSR count). The highest BCUT2D eigenvalue weighted by molar-refractivity contribution is 7.80. The number of phenols is 1. The average Bonchev–Trinajstić information content (AvgIpc) is 3.75. The topological polar surface area (TPSA) is 45.2 Å². The van der Waals surface area contributed by atoms with Crippen LogP contribution in [-0.4, -0.2) is 98.4 Å². The molecule has 4 atom stereocenters. The van der Waals surface area contributed by atoms with Crippen molar-refractivity contribution in [3.63, 3.8) is 0 Å². The van der Waals surface area contributed by atoms with Crippen LogP contribution in [-0.2, 0) is 19.3 Å². The van der Waals surface area contributed by atoms with Crippen molar-refractivity contribution in [3.8, 4) is 5.75 Å². The van der Waals surface area contributed by atoms with Gasteiger partial charge in [0.2, 0.25) is 0 Å². The number of benzene rings is 3. The van der Waals surface area contributed by atoms with Gasteiger partial charge in [0, 0.05) is 44.8 Å². The van der Waals surface area contributed by atoms with Gasteiger partial charge in [-0.15, -0.1) is 0 Å². The van der Waals surface area contributed by atoms with Gasteiger partial charge < -0.3 is 25.1 Å². The lowest BCUT2D eigenvalue weighted by Gasteiger charge is -2.38. The minimum Gasteiger partial charge on any atom is -0.508 e. The quantitative estimate of drug-likeness (QED) is 0.199. The third-order valence-electron chi connectivity index (χ3n) is 10.3. The third-order valence-corrected chi connectivity index (χ3v) is 11.1. The molecule has 0 aliphatic carbocycles. The summed E-state index contributed by atoms with van der Waals surface area (Å²) in [6.45, 7) is 10.6. The first-order valence-corrected chi connectivity index (χ1v) is 18.4. The molecule has 3 aromatic carbocycles. The van der Waals surface area contributed by atoms with Gasteiger partial charge in [-0.25, -0.2) is 0 Å². The smallest absolute Gasteiger partial charge is 0.172 e. The Hall–Kier alpha value is -3.20. The van der Waals surface area contributed by atoms with Gasteiger partial charge in [0.15, 0.2) is 10.2 Å². The highest BCUT2D eigenvalue weighted by atomic mass is 32.1. The van der Waals surface area contributed by atoms with Crippen LogP contribution in [0.3, 0.4) is 0 Å². The number of aromatic hydroxyl groups is 1. The molecule has 3 fully saturated rings. The van der Waals surface area contributed by atoms with E-state index in [1.807, 2.05) is 12.1 Å². The maximum atomic E-state index is 9.76. The number of thiocarbonyl (C=S) groups is 2. The molecule has 3 heterocycles. The van der Waals surface area contributed by atoms with Crippen molar-refractivity contribution in [1.82, 2.24) is 24.9 Å². The number of hydrogen-bond donors (Lipinski definition) is 2. The fourth-order valence-electron chi connectivity index (χ4n) is 7.85. The highest BCUT2D eigenvalue weighted by Crippen LogP contribution is 2.29. The summed E-state index contributed by atoms with van der Waals surface area (Å²) in [4.78, 5) is 10.3. The van der Waals surface area contributed by atoms with Gasteiger partial charge in [0.1, 0.15) is 5.75 Å². The molecule has 2 N–H and O–H groups in total. The molecule has 0 radical (unpaired) electrons. The van der Waals surface area contributed by atoms with E-state index in [1.165, 1.54) is 29.5 Å². The maximum Gasteiger partial charge on any atom is 0.172 e. The fraction of sp³-hybridized carbons (Fsp3) is 0.487. The maximum absolute atomic E-state index is 9.76. The van der Waals surface area contributed by atoms with Crippen LogP contribution >= 0.6 is 24.4 Å². The van der Waals surface area contributed by atoms with Gasteiger partial charge in [-0.2, -0.15) is 0 Å². The molecule has 3 aliphatic rings. The number of nitrogens with zero attached hydrogens (tertiary/aromatic N) is 4. The average molecular weight is 670 g/mol. The van der Waals surface area contributed by atoms with Crippen molar-refractivity contribution >= 4 is 34.7 Å². The van der Waals surface area contributed by atoms with Gasteiger partial charge in [-0.1, -0.05) is 86.6 Å². The van der Waals surface area contributed by atoms with E-state index in [2.05, 4.69) is 99.4 Å². The fourth-order valence-corrected chi connectivity index (χ4v) is 8.62. The lowest BCUT2D eigenvalue weighted by Crippen LogP contribution is -2.51. The van der Waals surface area contributed by atoms with E-state index in [1.54, 1.807) is 12.1 Å². The van der Waals surface area contributed by atoms with E-state index in [0.717, 1.165) is 75.2 Å². The van der Waals surface area contributed by atoms with Gasteiger partial charge >= 0.3 is 0 Å². The van der Waals surface area contributed by atoms with Crippen LogP contribution in [0.15, 0.2) is 84.9 Å². The Morgan fingerprint density at radius 3 is 2.17 bits per heavy atom. The Morgan fingerprint density at radius 2 is 1.47 bits per heavy atom. The molecule has 3 aromatic rings. The summed E-state index contributed by atoms with van der Waals surface area (Å²) in [6, 6.07) is 30.9. The number of phenolic OH excluding ortho intramolecular Hbond substituents is 1. The largest absolute Gasteiger partial charge is 0.508 e. The van der Waals surface area contributed by atoms with Crippen molar-refractivity contribution in [2.24, 2.45) is 5.92 Å². The molecule has 250 valence electrons. The van der Waals surface area contributed by atoms with E-state index in [9.17, 15) is 5.11 Å². The van der Waals surface area contributed by atoms with Gasteiger partial charge in [0.25, 0.3) is 0 Å². The zero-order chi connectivity index (χ0) is 32.8. The molecular formula is C39H51N5OS2. The predicted molar refractivity (Wildman–Crippen MR) is 201 cm³/mol. The molecule has 0 spiro atoms. The number of rotatable bonds is 14. The zero-order valence-electron chi connectivity index (χ0n) is 28.0. The Labute approximate surface area is 292 Å². The molecule has 3 saturated heterocycles. The van der Waals surface area contributed by atoms with Gasteiger partial charge in [-0.3, -0.25) is 4.90 Å². The molecular weight excluding hydrogens is 619 g/mol. The van der Waals surface area contributed by atoms with Crippen LogP contribution < -0.4 is 5.32 Å². The van der Waals surface area contributed by atoms with Crippen LogP contribution in [0.25, 0.3) is 0 Å². The molecule has 0 aromatic heterocycles. The molecule has 3 aliphatic heterocycles. The van der Waals surface area contributed by atoms with Crippen molar-refractivity contribution in [3.05, 3.63) is 102 Å². The van der Waals surface area contributed by atoms with E-state index in [-0.39, 0.29) is 0 Å². The Morgan fingerprint density at radius 1 is 0.809 bits per heavy atom. The van der Waals surface area contributed by atoms with E-state index in [4.69, 9.17) is 24.4 Å². The Kier molecular flexibility index (Phi) is 11.3. The molecule has 8 heteroatoms. The standard InChI is InChI=1S/C39H51N5OS2/c1-29(2)22-35(26-41-20-9-14-33(41)27-43-34(25-40-38(43)46)23-32-15-17-37(45)18-16-32)44-28-36(24-31-12-7-4-8-13-31)42(39(44)47)21-19-30-10-5-3-6-11-30/h3-8,10-13,15-18,29,33-36,45H,9,14,19-28H2,1-2H3,(H,40,46)/t33-,34+,35+,36+/m1/s1. The summed E-state index contributed by atoms with van der Waals surface area (Å²) in [5.74, 6) is 0.895. The Bertz CT molecular complexity index is 1450. The predicted octanol–water partition coefficient (Wildman–Crippen LogP) is 6.13. The van der Waals surface area contributed by atoms with Crippen LogP contribution in [0.2, 0.25) is 0 Å². The van der Waals surface area contributed by atoms with Crippen molar-refractivity contribution in [2.45, 2.75) is 76.5 Å². The van der Waals surface area contributed by atoms with Crippen LogP contribution in [0.1, 0.15) is 49.8 Å². The number of likely N-dealkylation sites (tertiary alicyclic amines) is 1. The number of hydrogen-bond acceptors (Lipinski definition) is 4. The van der Waals surface area contributed by atoms with Gasteiger partial charge in [-0.05, 0) is 104 Å². The molecule has 0 amide bonds. The normalized spacial score (nSPS) is 22.4. The summed E-state index contributed by atoms with van der Waals surface area (Å²) >= 11 is 12.2. The SMILES string of the molecule is CC(C)C[C@@H](CN1CCC[C@@H]1CN1C(=S)NC[C@@H]1Cc1ccc(O)cc1)N1C[C@H](Cc2ccccc2)N(CCc2ccccc2)C1=S. The van der Waals surface area contributed by atoms with Gasteiger partial charge in [0.05, 0.1) is 12.1 Å². The first-order chi connectivity index (χ1) is 22.8. The van der Waals surface area contributed by atoms with E-state index < -0.39 is 0 Å². The second-order valence-electron chi connectivity index (χ2n) is 14.1. The molecule has 0 bridgehead atoms. The zero-order valence-corrected chi connectivity index (χ0v) is 29.6. The first kappa shape index (κ1) is 33.7. The minimum atomic E-state index is 0.311. The van der Waals surface area contributed by atoms with Crippen molar-refractivity contribution in [2.75, 3.05) is 39.3 Å². The number of nitrogens with one attached hydrogen (secondary N) is 1. The summed E-state index contributed by atoms with van der Waals surface area (Å²) in [6.07, 6.45) is 6.47. The van der Waals surface area contributed by atoms with Crippen molar-refractivity contribution < 1.29 is 5.11 Å². The monoisotopic (exact) mass is 669 g/mol. The lowest BCUT2D eigenvalue weighted by atomic mass is 10.0. The lowest BCUT2D eigenvalue weighted by molar-refractivity contribution is 0.149. The van der Waals surface area contributed by atoms with Crippen LogP contribution in [0, 0.1) is 5.92 Å². The second-order valence-corrected chi connectivity index (χ2v) is 14.9. The van der Waals surface area contributed by atoms with Crippen LogP contribution in [0.4, 0.5) is 0 Å². The summed E-state index contributed by atoms with van der Waals surface area (Å²) in [5.41, 5.74) is 3.97. The second kappa shape index (κ2) is 15.8. The third kappa shape index (κ3) is 8.64. The molecule has 0 unspecified atom stereocenters. The van der Waals surface area contributed by atoms with Crippen molar-refractivity contribution in [1.29, 1.82) is 0 Å². The highest BCUT2D eigenvalue weighted by Gasteiger charge is 2.40. The Balaban J connectivity index is 1.16. The summed E-state index contributed by atoms with van der Waals surface area (Å²) in [5, 5.41) is 15.1.